The van der Waals surface area contributed by atoms with Crippen LogP contribution in [0.2, 0.25) is 0 Å². The van der Waals surface area contributed by atoms with Crippen LogP contribution in [-0.4, -0.2) is 34.0 Å². The van der Waals surface area contributed by atoms with E-state index in [9.17, 15) is 9.90 Å². The van der Waals surface area contributed by atoms with Gasteiger partial charge in [-0.15, -0.1) is 0 Å². The number of aliphatic hydroxyl groups is 2. The number of ether oxygens (including phenoxy) is 1. The third-order valence-electron chi connectivity index (χ3n) is 1.73. The zero-order valence-electron chi connectivity index (χ0n) is 5.87. The number of carbonyl (C=O) groups is 1. The minimum Gasteiger partial charge on any atom is -0.458 e. The average molecular weight is 146 g/mol. The van der Waals surface area contributed by atoms with E-state index in [1.54, 1.807) is 0 Å². The number of hydrogen-bond acceptors (Lipinski definition) is 4. The quantitative estimate of drug-likeness (QED) is 0.432. The van der Waals surface area contributed by atoms with Crippen LogP contribution in [0.1, 0.15) is 13.8 Å². The highest BCUT2D eigenvalue weighted by atomic mass is 16.6. The van der Waals surface area contributed by atoms with Gasteiger partial charge in [0.25, 0.3) is 0 Å². The van der Waals surface area contributed by atoms with E-state index in [1.807, 2.05) is 0 Å². The summed E-state index contributed by atoms with van der Waals surface area (Å²) in [7, 11) is 0. The number of aliphatic hydroxyl groups excluding tert-OH is 1. The molecule has 1 heterocycles. The van der Waals surface area contributed by atoms with E-state index < -0.39 is 23.8 Å². The summed E-state index contributed by atoms with van der Waals surface area (Å²) in [6, 6.07) is 0. The first-order chi connectivity index (χ1) is 4.46. The SMILES string of the molecule is C[C@@H]1OC(=O)[C@@](C)(O)[C@@H]1O. The fraction of sp³-hybridized carbons (Fsp3) is 0.833. The van der Waals surface area contributed by atoms with Gasteiger partial charge in [0.1, 0.15) is 12.2 Å². The van der Waals surface area contributed by atoms with Gasteiger partial charge in [-0.2, -0.15) is 0 Å². The maximum atomic E-state index is 10.7. The van der Waals surface area contributed by atoms with E-state index in [0.29, 0.717) is 0 Å². The number of cyclic esters (lactones) is 1. The van der Waals surface area contributed by atoms with Crippen molar-refractivity contribution < 1.29 is 19.7 Å². The Morgan fingerprint density at radius 1 is 1.70 bits per heavy atom. The van der Waals surface area contributed by atoms with Crippen LogP contribution >= 0.6 is 0 Å². The molecule has 0 aromatic heterocycles. The Hall–Kier alpha value is -0.610. The van der Waals surface area contributed by atoms with E-state index >= 15 is 0 Å². The van der Waals surface area contributed by atoms with E-state index in [1.165, 1.54) is 13.8 Å². The first-order valence-corrected chi connectivity index (χ1v) is 3.08. The molecular weight excluding hydrogens is 136 g/mol. The molecule has 0 aromatic rings. The topological polar surface area (TPSA) is 66.8 Å². The zero-order valence-corrected chi connectivity index (χ0v) is 5.87. The minimum atomic E-state index is -1.72. The number of rotatable bonds is 0. The van der Waals surface area contributed by atoms with Crippen molar-refractivity contribution in [2.45, 2.75) is 31.7 Å². The summed E-state index contributed by atoms with van der Waals surface area (Å²) in [5, 5.41) is 18.3. The molecule has 0 saturated carbocycles. The Bertz CT molecular complexity index is 163. The smallest absolute Gasteiger partial charge is 0.341 e. The molecule has 1 rings (SSSR count). The summed E-state index contributed by atoms with van der Waals surface area (Å²) >= 11 is 0. The number of hydrogen-bond donors (Lipinski definition) is 2. The van der Waals surface area contributed by atoms with Crippen molar-refractivity contribution in [2.75, 3.05) is 0 Å². The van der Waals surface area contributed by atoms with Crippen molar-refractivity contribution in [3.05, 3.63) is 0 Å². The summed E-state index contributed by atoms with van der Waals surface area (Å²) < 4.78 is 4.55. The Morgan fingerprint density at radius 2 is 2.20 bits per heavy atom. The molecule has 0 spiro atoms. The predicted molar refractivity (Wildman–Crippen MR) is 32.2 cm³/mol. The van der Waals surface area contributed by atoms with Gasteiger partial charge in [0.05, 0.1) is 0 Å². The lowest BCUT2D eigenvalue weighted by molar-refractivity contribution is -0.154. The van der Waals surface area contributed by atoms with Gasteiger partial charge in [0.2, 0.25) is 0 Å². The second-order valence-corrected chi connectivity index (χ2v) is 2.70. The highest BCUT2D eigenvalue weighted by molar-refractivity contribution is 5.82. The second kappa shape index (κ2) is 1.93. The van der Waals surface area contributed by atoms with Crippen LogP contribution in [0.5, 0.6) is 0 Å². The summed E-state index contributed by atoms with van der Waals surface area (Å²) in [5.41, 5.74) is -1.72. The molecular formula is C6H10O4. The Kier molecular flexibility index (Phi) is 1.45. The van der Waals surface area contributed by atoms with Crippen molar-refractivity contribution in [3.8, 4) is 0 Å². The first kappa shape index (κ1) is 7.50. The zero-order chi connectivity index (χ0) is 7.94. The molecule has 58 valence electrons. The standard InChI is InChI=1S/C6H10O4/c1-3-4(7)6(2,9)5(8)10-3/h3-4,7,9H,1-2H3/t3-,4+,6-/m0/s1. The van der Waals surface area contributed by atoms with E-state index in [0.717, 1.165) is 0 Å². The summed E-state index contributed by atoms with van der Waals surface area (Å²) in [6.07, 6.45) is -1.72. The largest absolute Gasteiger partial charge is 0.458 e. The Labute approximate surface area is 58.4 Å². The number of esters is 1. The third-order valence-corrected chi connectivity index (χ3v) is 1.73. The van der Waals surface area contributed by atoms with Crippen LogP contribution < -0.4 is 0 Å². The molecule has 0 bridgehead atoms. The maximum Gasteiger partial charge on any atom is 0.341 e. The fourth-order valence-electron chi connectivity index (χ4n) is 0.930. The minimum absolute atomic E-state index is 0.609. The second-order valence-electron chi connectivity index (χ2n) is 2.70. The predicted octanol–water partition coefficient (Wildman–Crippen LogP) is -0.956. The molecule has 0 unspecified atom stereocenters. The van der Waals surface area contributed by atoms with Gasteiger partial charge in [-0.25, -0.2) is 4.79 Å². The fourth-order valence-corrected chi connectivity index (χ4v) is 0.930. The number of carbonyl (C=O) groups excluding carboxylic acids is 1. The van der Waals surface area contributed by atoms with Gasteiger partial charge in [0, 0.05) is 0 Å². The van der Waals surface area contributed by atoms with Gasteiger partial charge in [0.15, 0.2) is 5.60 Å². The highest BCUT2D eigenvalue weighted by Crippen LogP contribution is 2.24. The maximum absolute atomic E-state index is 10.7. The molecule has 0 aliphatic carbocycles. The van der Waals surface area contributed by atoms with Crippen LogP contribution in [0.25, 0.3) is 0 Å². The Balaban J connectivity index is 2.85. The van der Waals surface area contributed by atoms with Crippen molar-refractivity contribution in [2.24, 2.45) is 0 Å². The van der Waals surface area contributed by atoms with Gasteiger partial charge >= 0.3 is 5.97 Å². The van der Waals surface area contributed by atoms with Crippen molar-refractivity contribution in [1.82, 2.24) is 0 Å². The third kappa shape index (κ3) is 0.803. The lowest BCUT2D eigenvalue weighted by Crippen LogP contribution is -2.42. The summed E-state index contributed by atoms with van der Waals surface area (Å²) in [4.78, 5) is 10.7. The Morgan fingerprint density at radius 3 is 2.30 bits per heavy atom. The van der Waals surface area contributed by atoms with Gasteiger partial charge < -0.3 is 14.9 Å². The molecule has 1 fully saturated rings. The lowest BCUT2D eigenvalue weighted by Gasteiger charge is -2.15. The molecule has 4 nitrogen and oxygen atoms in total. The molecule has 0 aromatic carbocycles. The molecule has 0 amide bonds. The van der Waals surface area contributed by atoms with Crippen LogP contribution in [-0.2, 0) is 9.53 Å². The van der Waals surface area contributed by atoms with Crippen LogP contribution in [0.4, 0.5) is 0 Å². The van der Waals surface area contributed by atoms with Crippen molar-refractivity contribution >= 4 is 5.97 Å². The van der Waals surface area contributed by atoms with Crippen LogP contribution in [0.15, 0.2) is 0 Å². The molecule has 1 aliphatic heterocycles. The van der Waals surface area contributed by atoms with Crippen molar-refractivity contribution in [3.63, 3.8) is 0 Å². The van der Waals surface area contributed by atoms with Gasteiger partial charge in [-0.1, -0.05) is 0 Å². The van der Waals surface area contributed by atoms with Crippen LogP contribution in [0, 0.1) is 0 Å². The molecule has 1 saturated heterocycles. The summed E-state index contributed by atoms with van der Waals surface area (Å²) in [6.45, 7) is 2.77. The lowest BCUT2D eigenvalue weighted by atomic mass is 9.99. The molecule has 0 radical (unpaired) electrons. The summed E-state index contributed by atoms with van der Waals surface area (Å²) in [5.74, 6) is -0.757. The normalized spacial score (nSPS) is 47.4. The van der Waals surface area contributed by atoms with E-state index in [-0.39, 0.29) is 0 Å². The molecule has 1 aliphatic rings. The van der Waals surface area contributed by atoms with Gasteiger partial charge in [-0.3, -0.25) is 0 Å². The highest BCUT2D eigenvalue weighted by Gasteiger charge is 2.50. The molecule has 4 heteroatoms. The first-order valence-electron chi connectivity index (χ1n) is 3.08. The molecule has 10 heavy (non-hydrogen) atoms. The van der Waals surface area contributed by atoms with E-state index in [2.05, 4.69) is 4.74 Å². The molecule has 2 N–H and O–H groups in total. The van der Waals surface area contributed by atoms with Crippen LogP contribution in [0.3, 0.4) is 0 Å². The monoisotopic (exact) mass is 146 g/mol. The average Bonchev–Trinajstić information content (AvgIpc) is 1.97. The molecule has 3 atom stereocenters. The van der Waals surface area contributed by atoms with Crippen molar-refractivity contribution in [1.29, 1.82) is 0 Å². The van der Waals surface area contributed by atoms with E-state index in [4.69, 9.17) is 5.11 Å². The van der Waals surface area contributed by atoms with Gasteiger partial charge in [-0.05, 0) is 13.8 Å².